The Kier molecular flexibility index (Phi) is 5.62. The molecule has 0 aromatic carbocycles. The van der Waals surface area contributed by atoms with E-state index in [4.69, 9.17) is 0 Å². The molecule has 0 atom stereocenters. The minimum atomic E-state index is -0.0269. The summed E-state index contributed by atoms with van der Waals surface area (Å²) in [5.74, 6) is 1.66. The fourth-order valence-corrected chi connectivity index (χ4v) is 3.94. The number of hydrogen-bond acceptors (Lipinski definition) is 3. The predicted octanol–water partition coefficient (Wildman–Crippen LogP) is 2.66. The second-order valence-electron chi connectivity index (χ2n) is 7.64. The number of rotatable bonds is 5. The average Bonchev–Trinajstić information content (AvgIpc) is 2.43. The van der Waals surface area contributed by atoms with Crippen LogP contribution >= 0.6 is 0 Å². The minimum absolute atomic E-state index is 0.0269. The fourth-order valence-electron chi connectivity index (χ4n) is 3.94. The van der Waals surface area contributed by atoms with Gasteiger partial charge in [-0.3, -0.25) is 0 Å². The number of piperidine rings is 1. The first kappa shape index (κ1) is 16.0. The Morgan fingerprint density at radius 1 is 1.15 bits per heavy atom. The molecule has 0 spiro atoms. The van der Waals surface area contributed by atoms with Gasteiger partial charge in [0.15, 0.2) is 0 Å². The van der Waals surface area contributed by atoms with E-state index in [9.17, 15) is 4.79 Å². The zero-order valence-electron chi connectivity index (χ0n) is 13.6. The van der Waals surface area contributed by atoms with E-state index in [0.717, 1.165) is 31.2 Å². The van der Waals surface area contributed by atoms with E-state index in [1.54, 1.807) is 0 Å². The van der Waals surface area contributed by atoms with Crippen molar-refractivity contribution in [3.63, 3.8) is 0 Å². The molecule has 1 saturated heterocycles. The van der Waals surface area contributed by atoms with Crippen LogP contribution in [0.15, 0.2) is 0 Å². The molecule has 0 radical (unpaired) electrons. The molecule has 1 saturated carbocycles. The summed E-state index contributed by atoms with van der Waals surface area (Å²) in [7, 11) is 4.33. The molecule has 2 aliphatic rings. The number of aldehydes is 1. The normalized spacial score (nSPS) is 33.5. The van der Waals surface area contributed by atoms with Gasteiger partial charge in [-0.05, 0) is 77.5 Å². The van der Waals surface area contributed by atoms with Crippen molar-refractivity contribution >= 4 is 6.29 Å². The van der Waals surface area contributed by atoms with Crippen molar-refractivity contribution in [1.82, 2.24) is 9.80 Å². The Labute approximate surface area is 124 Å². The molecule has 0 aromatic rings. The molecule has 0 bridgehead atoms. The molecular weight excluding hydrogens is 248 g/mol. The predicted molar refractivity (Wildman–Crippen MR) is 83.8 cm³/mol. The third kappa shape index (κ3) is 4.29. The molecular formula is C17H32N2O. The standard InChI is InChI=1S/C17H32N2O/c1-15-4-8-17(14-20,9-5-15)13-19-10-6-16(7-11-19)12-18(2)3/h14-16H,4-13H2,1-3H3. The van der Waals surface area contributed by atoms with Crippen molar-refractivity contribution < 1.29 is 4.79 Å². The van der Waals surface area contributed by atoms with Gasteiger partial charge >= 0.3 is 0 Å². The van der Waals surface area contributed by atoms with Crippen LogP contribution in [-0.4, -0.2) is 56.4 Å². The van der Waals surface area contributed by atoms with E-state index in [1.165, 1.54) is 51.6 Å². The van der Waals surface area contributed by atoms with Gasteiger partial charge in [0.1, 0.15) is 6.29 Å². The SMILES string of the molecule is CC1CCC(C=O)(CN2CCC(CN(C)C)CC2)CC1. The van der Waals surface area contributed by atoms with Crippen molar-refractivity contribution in [3.8, 4) is 0 Å². The summed E-state index contributed by atoms with van der Waals surface area (Å²) in [6.07, 6.45) is 8.55. The van der Waals surface area contributed by atoms with Crippen molar-refractivity contribution in [2.24, 2.45) is 17.3 Å². The summed E-state index contributed by atoms with van der Waals surface area (Å²) in [4.78, 5) is 16.5. The van der Waals surface area contributed by atoms with Gasteiger partial charge in [-0.1, -0.05) is 6.92 Å². The van der Waals surface area contributed by atoms with Crippen molar-refractivity contribution in [2.75, 3.05) is 40.3 Å². The number of carbonyl (C=O) groups excluding carboxylic acids is 1. The highest BCUT2D eigenvalue weighted by Crippen LogP contribution is 2.38. The van der Waals surface area contributed by atoms with Crippen LogP contribution < -0.4 is 0 Å². The van der Waals surface area contributed by atoms with Crippen LogP contribution in [0.1, 0.15) is 45.4 Å². The Morgan fingerprint density at radius 3 is 2.25 bits per heavy atom. The van der Waals surface area contributed by atoms with E-state index in [-0.39, 0.29) is 5.41 Å². The molecule has 116 valence electrons. The fraction of sp³-hybridized carbons (Fsp3) is 0.941. The molecule has 1 aliphatic heterocycles. The second-order valence-corrected chi connectivity index (χ2v) is 7.64. The molecule has 3 nitrogen and oxygen atoms in total. The number of carbonyl (C=O) groups is 1. The first-order valence-electron chi connectivity index (χ1n) is 8.36. The lowest BCUT2D eigenvalue weighted by molar-refractivity contribution is -0.119. The monoisotopic (exact) mass is 280 g/mol. The highest BCUT2D eigenvalue weighted by molar-refractivity contribution is 5.60. The first-order valence-corrected chi connectivity index (χ1v) is 8.36. The Bertz CT molecular complexity index is 300. The highest BCUT2D eigenvalue weighted by Gasteiger charge is 2.36. The van der Waals surface area contributed by atoms with Gasteiger partial charge in [-0.2, -0.15) is 0 Å². The summed E-state index contributed by atoms with van der Waals surface area (Å²) >= 11 is 0. The smallest absolute Gasteiger partial charge is 0.127 e. The van der Waals surface area contributed by atoms with Gasteiger partial charge in [0.2, 0.25) is 0 Å². The summed E-state index contributed by atoms with van der Waals surface area (Å²) in [5, 5.41) is 0. The quantitative estimate of drug-likeness (QED) is 0.723. The molecule has 2 rings (SSSR count). The minimum Gasteiger partial charge on any atom is -0.309 e. The van der Waals surface area contributed by atoms with Crippen LogP contribution in [-0.2, 0) is 4.79 Å². The second kappa shape index (κ2) is 7.04. The maximum atomic E-state index is 11.6. The summed E-state index contributed by atoms with van der Waals surface area (Å²) in [6.45, 7) is 6.91. The molecule has 20 heavy (non-hydrogen) atoms. The van der Waals surface area contributed by atoms with E-state index in [2.05, 4.69) is 30.8 Å². The van der Waals surface area contributed by atoms with Gasteiger partial charge in [-0.15, -0.1) is 0 Å². The van der Waals surface area contributed by atoms with Gasteiger partial charge in [0.25, 0.3) is 0 Å². The van der Waals surface area contributed by atoms with Crippen molar-refractivity contribution in [1.29, 1.82) is 0 Å². The molecule has 0 aromatic heterocycles. The van der Waals surface area contributed by atoms with E-state index in [0.29, 0.717) is 0 Å². The topological polar surface area (TPSA) is 23.6 Å². The van der Waals surface area contributed by atoms with Crippen LogP contribution in [0.25, 0.3) is 0 Å². The summed E-state index contributed by atoms with van der Waals surface area (Å²) in [5.41, 5.74) is -0.0269. The van der Waals surface area contributed by atoms with Crippen LogP contribution in [0.5, 0.6) is 0 Å². The van der Waals surface area contributed by atoms with Gasteiger partial charge in [0, 0.05) is 18.5 Å². The average molecular weight is 280 g/mol. The van der Waals surface area contributed by atoms with E-state index in [1.807, 2.05) is 0 Å². The zero-order valence-corrected chi connectivity index (χ0v) is 13.6. The molecule has 2 fully saturated rings. The number of nitrogens with zero attached hydrogens (tertiary/aromatic N) is 2. The maximum Gasteiger partial charge on any atom is 0.127 e. The molecule has 1 heterocycles. The zero-order chi connectivity index (χ0) is 14.6. The molecule has 0 N–H and O–H groups in total. The maximum absolute atomic E-state index is 11.6. The van der Waals surface area contributed by atoms with E-state index >= 15 is 0 Å². The molecule has 1 aliphatic carbocycles. The van der Waals surface area contributed by atoms with Crippen LogP contribution in [0.4, 0.5) is 0 Å². The van der Waals surface area contributed by atoms with Crippen LogP contribution in [0.2, 0.25) is 0 Å². The highest BCUT2D eigenvalue weighted by atomic mass is 16.1. The Balaban J connectivity index is 1.80. The summed E-state index contributed by atoms with van der Waals surface area (Å²) in [6, 6.07) is 0. The van der Waals surface area contributed by atoms with Gasteiger partial charge < -0.3 is 14.6 Å². The third-order valence-electron chi connectivity index (χ3n) is 5.39. The molecule has 3 heteroatoms. The number of hydrogen-bond donors (Lipinski definition) is 0. The lowest BCUT2D eigenvalue weighted by atomic mass is 9.71. The third-order valence-corrected chi connectivity index (χ3v) is 5.39. The lowest BCUT2D eigenvalue weighted by Gasteiger charge is -2.41. The Morgan fingerprint density at radius 2 is 1.75 bits per heavy atom. The van der Waals surface area contributed by atoms with Gasteiger partial charge in [0.05, 0.1) is 0 Å². The van der Waals surface area contributed by atoms with E-state index < -0.39 is 0 Å². The lowest BCUT2D eigenvalue weighted by Crippen LogP contribution is -2.45. The largest absolute Gasteiger partial charge is 0.309 e. The summed E-state index contributed by atoms with van der Waals surface area (Å²) < 4.78 is 0. The molecule has 0 amide bonds. The van der Waals surface area contributed by atoms with Crippen LogP contribution in [0, 0.1) is 17.3 Å². The Hall–Kier alpha value is -0.410. The van der Waals surface area contributed by atoms with Crippen molar-refractivity contribution in [2.45, 2.75) is 45.4 Å². The molecule has 0 unspecified atom stereocenters. The number of likely N-dealkylation sites (tertiary alicyclic amines) is 1. The van der Waals surface area contributed by atoms with Crippen molar-refractivity contribution in [3.05, 3.63) is 0 Å². The van der Waals surface area contributed by atoms with Crippen LogP contribution in [0.3, 0.4) is 0 Å². The van der Waals surface area contributed by atoms with Gasteiger partial charge in [-0.25, -0.2) is 0 Å². The first-order chi connectivity index (χ1) is 9.53.